The van der Waals surface area contributed by atoms with Crippen LogP contribution in [0.4, 0.5) is 4.79 Å². The van der Waals surface area contributed by atoms with E-state index in [1.165, 1.54) is 22.8 Å². The summed E-state index contributed by atoms with van der Waals surface area (Å²) in [5.41, 5.74) is 1.13. The Morgan fingerprint density at radius 3 is 2.31 bits per heavy atom. The molecule has 1 aliphatic heterocycles. The molecule has 0 spiro atoms. The maximum atomic E-state index is 12.6. The number of amides is 1. The number of carbonyl (C=O) groups is 1. The lowest BCUT2D eigenvalue weighted by Gasteiger charge is -2.31. The van der Waals surface area contributed by atoms with Crippen LogP contribution >= 0.6 is 15.9 Å². The second-order valence-electron chi connectivity index (χ2n) is 8.42. The van der Waals surface area contributed by atoms with Crippen molar-refractivity contribution in [1.82, 2.24) is 9.47 Å². The van der Waals surface area contributed by atoms with Crippen LogP contribution in [0.5, 0.6) is 11.5 Å². The van der Waals surface area contributed by atoms with E-state index in [4.69, 9.17) is 9.47 Å². The fraction of sp³-hybridized carbons (Fsp3) is 0.280. The third kappa shape index (κ3) is 6.12. The molecular formula is C25H25BrN2O6S. The molecule has 0 radical (unpaired) electrons. The van der Waals surface area contributed by atoms with Crippen molar-refractivity contribution < 1.29 is 22.7 Å². The van der Waals surface area contributed by atoms with E-state index in [9.17, 15) is 18.0 Å². The minimum atomic E-state index is -3.31. The van der Waals surface area contributed by atoms with E-state index in [1.54, 1.807) is 35.4 Å². The highest BCUT2D eigenvalue weighted by Gasteiger charge is 2.25. The van der Waals surface area contributed by atoms with E-state index in [0.29, 0.717) is 43.1 Å². The number of pyridine rings is 1. The highest BCUT2D eigenvalue weighted by Crippen LogP contribution is 2.24. The second kappa shape index (κ2) is 10.2. The number of halogens is 1. The Labute approximate surface area is 212 Å². The molecule has 1 fully saturated rings. The first-order valence-corrected chi connectivity index (χ1v) is 13.7. The molecule has 1 aromatic heterocycles. The number of carbonyl (C=O) groups excluding carboxylic acids is 1. The molecule has 0 atom stereocenters. The van der Waals surface area contributed by atoms with E-state index >= 15 is 0 Å². The number of aryl methyl sites for hydroxylation is 1. The van der Waals surface area contributed by atoms with Crippen LogP contribution in [0.15, 0.2) is 75.0 Å². The molecule has 0 bridgehead atoms. The summed E-state index contributed by atoms with van der Waals surface area (Å²) in [7, 11) is -3.31. The van der Waals surface area contributed by atoms with Crippen molar-refractivity contribution >= 4 is 31.9 Å². The molecular weight excluding hydrogens is 536 g/mol. The van der Waals surface area contributed by atoms with Crippen LogP contribution < -0.4 is 15.0 Å². The summed E-state index contributed by atoms with van der Waals surface area (Å²) < 4.78 is 37.1. The van der Waals surface area contributed by atoms with Crippen molar-refractivity contribution in [2.24, 2.45) is 0 Å². The summed E-state index contributed by atoms with van der Waals surface area (Å²) in [4.78, 5) is 27.0. The number of rotatable bonds is 5. The number of piperidine rings is 1. The summed E-state index contributed by atoms with van der Waals surface area (Å²) in [5, 5.41) is 0. The normalized spacial score (nSPS) is 14.5. The lowest BCUT2D eigenvalue weighted by atomic mass is 10.1. The number of aromatic nitrogens is 1. The molecule has 8 nitrogen and oxygen atoms in total. The standard InChI is InChI=1S/C25H25BrN2O6S/c1-17-15-18(26)3-8-23(17)34-25(30)27-12-9-20(10-13-27)33-21-11-14-28(24(29)16-21)19-4-6-22(7-5-19)35(2,31)32/h3-8,11,14-16,20H,9-10,12-13H2,1-2H3. The van der Waals surface area contributed by atoms with Crippen LogP contribution in [-0.4, -0.2) is 49.4 Å². The van der Waals surface area contributed by atoms with Crippen LogP contribution in [0.1, 0.15) is 18.4 Å². The zero-order chi connectivity index (χ0) is 25.2. The van der Waals surface area contributed by atoms with E-state index in [0.717, 1.165) is 16.3 Å². The number of benzene rings is 2. The van der Waals surface area contributed by atoms with Crippen LogP contribution in [0.25, 0.3) is 5.69 Å². The van der Waals surface area contributed by atoms with Gasteiger partial charge >= 0.3 is 6.09 Å². The number of ether oxygens (including phenoxy) is 2. The van der Waals surface area contributed by atoms with Crippen LogP contribution in [0, 0.1) is 6.92 Å². The molecule has 4 rings (SSSR count). The highest BCUT2D eigenvalue weighted by molar-refractivity contribution is 9.10. The molecule has 2 heterocycles. The molecule has 2 aromatic carbocycles. The Kier molecular flexibility index (Phi) is 7.32. The Hall–Kier alpha value is -3.11. The summed E-state index contributed by atoms with van der Waals surface area (Å²) in [5.74, 6) is 0.980. The van der Waals surface area contributed by atoms with Crippen LogP contribution in [0.2, 0.25) is 0 Å². The summed E-state index contributed by atoms with van der Waals surface area (Å²) in [6.45, 7) is 2.86. The van der Waals surface area contributed by atoms with E-state index < -0.39 is 15.9 Å². The molecule has 0 aliphatic carbocycles. The Morgan fingerprint density at radius 1 is 1.03 bits per heavy atom. The Bertz CT molecular complexity index is 1390. The fourth-order valence-electron chi connectivity index (χ4n) is 3.84. The molecule has 1 saturated heterocycles. The zero-order valence-electron chi connectivity index (χ0n) is 19.3. The molecule has 1 aliphatic rings. The molecule has 0 saturated carbocycles. The number of hydrogen-bond donors (Lipinski definition) is 0. The second-order valence-corrected chi connectivity index (χ2v) is 11.4. The van der Waals surface area contributed by atoms with Gasteiger partial charge < -0.3 is 14.4 Å². The van der Waals surface area contributed by atoms with Gasteiger partial charge in [0.15, 0.2) is 9.84 Å². The van der Waals surface area contributed by atoms with Gasteiger partial charge in [-0.2, -0.15) is 0 Å². The average molecular weight is 561 g/mol. The van der Waals surface area contributed by atoms with Crippen molar-refractivity contribution in [1.29, 1.82) is 0 Å². The van der Waals surface area contributed by atoms with E-state index in [1.807, 2.05) is 19.1 Å². The minimum Gasteiger partial charge on any atom is -0.490 e. The van der Waals surface area contributed by atoms with Gasteiger partial charge in [-0.15, -0.1) is 0 Å². The lowest BCUT2D eigenvalue weighted by Crippen LogP contribution is -2.43. The van der Waals surface area contributed by atoms with Gasteiger partial charge in [-0.3, -0.25) is 9.36 Å². The first-order valence-electron chi connectivity index (χ1n) is 11.0. The maximum Gasteiger partial charge on any atom is 0.415 e. The van der Waals surface area contributed by atoms with Gasteiger partial charge in [-0.1, -0.05) is 15.9 Å². The quantitative estimate of drug-likeness (QED) is 0.460. The number of likely N-dealkylation sites (tertiary alicyclic amines) is 1. The predicted octanol–water partition coefficient (Wildman–Crippen LogP) is 4.35. The van der Waals surface area contributed by atoms with Crippen molar-refractivity contribution in [3.8, 4) is 17.2 Å². The Balaban J connectivity index is 1.34. The molecule has 10 heteroatoms. The smallest absolute Gasteiger partial charge is 0.415 e. The predicted molar refractivity (Wildman–Crippen MR) is 135 cm³/mol. The molecule has 0 unspecified atom stereocenters. The van der Waals surface area contributed by atoms with Crippen molar-refractivity contribution in [3.63, 3.8) is 0 Å². The lowest BCUT2D eigenvalue weighted by molar-refractivity contribution is 0.0928. The monoisotopic (exact) mass is 560 g/mol. The van der Waals surface area contributed by atoms with Gasteiger partial charge in [-0.25, -0.2) is 13.2 Å². The third-order valence-electron chi connectivity index (χ3n) is 5.77. The number of sulfone groups is 1. The van der Waals surface area contributed by atoms with Gasteiger partial charge in [0.25, 0.3) is 5.56 Å². The van der Waals surface area contributed by atoms with Crippen LogP contribution in [0.3, 0.4) is 0 Å². The maximum absolute atomic E-state index is 12.6. The molecule has 184 valence electrons. The molecule has 0 N–H and O–H groups in total. The average Bonchev–Trinajstić information content (AvgIpc) is 2.81. The number of hydrogen-bond acceptors (Lipinski definition) is 6. The van der Waals surface area contributed by atoms with Crippen molar-refractivity contribution in [2.75, 3.05) is 19.3 Å². The largest absolute Gasteiger partial charge is 0.490 e. The van der Waals surface area contributed by atoms with Crippen molar-refractivity contribution in [2.45, 2.75) is 30.8 Å². The van der Waals surface area contributed by atoms with Gasteiger partial charge in [0.2, 0.25) is 0 Å². The zero-order valence-corrected chi connectivity index (χ0v) is 21.7. The molecule has 3 aromatic rings. The summed E-state index contributed by atoms with van der Waals surface area (Å²) in [6, 6.07) is 14.7. The van der Waals surface area contributed by atoms with Gasteiger partial charge in [0.05, 0.1) is 4.90 Å². The Morgan fingerprint density at radius 2 is 1.71 bits per heavy atom. The van der Waals surface area contributed by atoms with E-state index in [2.05, 4.69) is 15.9 Å². The summed E-state index contributed by atoms with van der Waals surface area (Å²) >= 11 is 3.40. The topological polar surface area (TPSA) is 94.9 Å². The fourth-order valence-corrected chi connectivity index (χ4v) is 4.94. The summed E-state index contributed by atoms with van der Waals surface area (Å²) in [6.07, 6.45) is 3.45. The SMILES string of the molecule is Cc1cc(Br)ccc1OC(=O)N1CCC(Oc2ccn(-c3ccc(S(C)(=O)=O)cc3)c(=O)c2)CC1. The molecule has 1 amide bonds. The first kappa shape index (κ1) is 25.0. The van der Waals surface area contributed by atoms with Gasteiger partial charge in [0.1, 0.15) is 17.6 Å². The number of nitrogens with zero attached hydrogens (tertiary/aromatic N) is 2. The van der Waals surface area contributed by atoms with Gasteiger partial charge in [-0.05, 0) is 61.0 Å². The van der Waals surface area contributed by atoms with Crippen molar-refractivity contribution in [3.05, 3.63) is 81.2 Å². The van der Waals surface area contributed by atoms with Gasteiger partial charge in [0, 0.05) is 54.6 Å². The first-order chi connectivity index (χ1) is 16.6. The van der Waals surface area contributed by atoms with E-state index in [-0.39, 0.29) is 16.6 Å². The highest BCUT2D eigenvalue weighted by atomic mass is 79.9. The third-order valence-corrected chi connectivity index (χ3v) is 7.39. The minimum absolute atomic E-state index is 0.127. The molecule has 35 heavy (non-hydrogen) atoms. The van der Waals surface area contributed by atoms with Crippen LogP contribution in [-0.2, 0) is 9.84 Å².